The number of nitrogens with zero attached hydrogens (tertiary/aromatic N) is 2. The Bertz CT molecular complexity index is 397. The molecule has 0 aromatic carbocycles. The van der Waals surface area contributed by atoms with Crippen molar-refractivity contribution in [3.05, 3.63) is 23.4 Å². The van der Waals surface area contributed by atoms with Crippen molar-refractivity contribution < 1.29 is 4.79 Å². The molecule has 5 nitrogen and oxygen atoms in total. The first-order valence-electron chi connectivity index (χ1n) is 6.28. The second-order valence-electron chi connectivity index (χ2n) is 4.40. The molecule has 1 rings (SSSR count). The van der Waals surface area contributed by atoms with Crippen molar-refractivity contribution >= 4 is 11.7 Å². The zero-order chi connectivity index (χ0) is 13.7. The summed E-state index contributed by atoms with van der Waals surface area (Å²) in [6.45, 7) is 6.09. The Morgan fingerprint density at radius 1 is 1.50 bits per heavy atom. The van der Waals surface area contributed by atoms with Crippen LogP contribution in [0.1, 0.15) is 43.2 Å². The summed E-state index contributed by atoms with van der Waals surface area (Å²) in [5, 5.41) is 0. The van der Waals surface area contributed by atoms with Gasteiger partial charge in [-0.3, -0.25) is 4.79 Å². The molecule has 0 bridgehead atoms. The fourth-order valence-corrected chi connectivity index (χ4v) is 1.64. The van der Waals surface area contributed by atoms with E-state index in [0.29, 0.717) is 11.4 Å². The van der Waals surface area contributed by atoms with E-state index in [2.05, 4.69) is 17.3 Å². The van der Waals surface area contributed by atoms with Gasteiger partial charge in [-0.2, -0.15) is 0 Å². The lowest BCUT2D eigenvalue weighted by atomic mass is 10.1. The minimum atomic E-state index is -0.00190. The molecular formula is C13H22N4O. The maximum absolute atomic E-state index is 12.3. The molecule has 1 amide bonds. The highest BCUT2D eigenvalue weighted by Gasteiger charge is 2.17. The third kappa shape index (κ3) is 3.20. The van der Waals surface area contributed by atoms with Crippen molar-refractivity contribution in [3.8, 4) is 0 Å². The van der Waals surface area contributed by atoms with Gasteiger partial charge < -0.3 is 10.3 Å². The smallest absolute Gasteiger partial charge is 0.254 e. The Morgan fingerprint density at radius 2 is 2.17 bits per heavy atom. The van der Waals surface area contributed by atoms with Crippen LogP contribution in [0.25, 0.3) is 0 Å². The molecule has 3 N–H and O–H groups in total. The number of hydrazine groups is 1. The lowest BCUT2D eigenvalue weighted by Gasteiger charge is -2.24. The Balaban J connectivity index is 3.04. The Hall–Kier alpha value is -1.62. The monoisotopic (exact) mass is 250 g/mol. The van der Waals surface area contributed by atoms with Gasteiger partial charge in [0.05, 0.1) is 0 Å². The number of rotatable bonds is 5. The van der Waals surface area contributed by atoms with E-state index in [1.807, 2.05) is 27.0 Å². The molecule has 1 atom stereocenters. The van der Waals surface area contributed by atoms with E-state index >= 15 is 0 Å². The number of anilines is 1. The van der Waals surface area contributed by atoms with Crippen LogP contribution in [0.2, 0.25) is 0 Å². The predicted molar refractivity (Wildman–Crippen MR) is 73.3 cm³/mol. The number of aryl methyl sites for hydroxylation is 1. The summed E-state index contributed by atoms with van der Waals surface area (Å²) in [5.74, 6) is 5.89. The third-order valence-corrected chi connectivity index (χ3v) is 3.21. The first kappa shape index (κ1) is 14.4. The van der Waals surface area contributed by atoms with E-state index in [-0.39, 0.29) is 11.9 Å². The quantitative estimate of drug-likeness (QED) is 0.617. The summed E-state index contributed by atoms with van der Waals surface area (Å²) in [6.07, 6.45) is 1.69. The maximum Gasteiger partial charge on any atom is 0.254 e. The van der Waals surface area contributed by atoms with Gasteiger partial charge in [0.1, 0.15) is 5.82 Å². The molecule has 0 aliphatic heterocycles. The molecule has 0 saturated carbocycles. The fourth-order valence-electron chi connectivity index (χ4n) is 1.64. The molecule has 0 aliphatic carbocycles. The second-order valence-corrected chi connectivity index (χ2v) is 4.40. The van der Waals surface area contributed by atoms with Gasteiger partial charge in [0, 0.05) is 24.3 Å². The van der Waals surface area contributed by atoms with Crippen LogP contribution in [0.3, 0.4) is 0 Å². The van der Waals surface area contributed by atoms with Crippen molar-refractivity contribution in [2.45, 2.75) is 39.7 Å². The van der Waals surface area contributed by atoms with Crippen LogP contribution in [0.15, 0.2) is 12.1 Å². The Kier molecular flexibility index (Phi) is 5.09. The normalized spacial score (nSPS) is 12.1. The molecule has 0 radical (unpaired) electrons. The molecule has 1 aromatic heterocycles. The van der Waals surface area contributed by atoms with Crippen molar-refractivity contribution in [2.75, 3.05) is 12.5 Å². The van der Waals surface area contributed by atoms with Crippen molar-refractivity contribution in [3.63, 3.8) is 0 Å². The summed E-state index contributed by atoms with van der Waals surface area (Å²) in [7, 11) is 1.82. The zero-order valence-corrected chi connectivity index (χ0v) is 11.5. The number of nitrogens with one attached hydrogen (secondary N) is 1. The molecule has 0 aliphatic rings. The van der Waals surface area contributed by atoms with Gasteiger partial charge >= 0.3 is 0 Å². The summed E-state index contributed by atoms with van der Waals surface area (Å²) in [4.78, 5) is 18.3. The molecule has 0 spiro atoms. The molecule has 5 heteroatoms. The van der Waals surface area contributed by atoms with Crippen LogP contribution in [-0.4, -0.2) is 28.9 Å². The van der Waals surface area contributed by atoms with Crippen LogP contribution >= 0.6 is 0 Å². The number of amides is 1. The SMILES string of the molecule is CCc1cc(C(=O)N(C)C(C)CC)cc(NN)n1. The van der Waals surface area contributed by atoms with Gasteiger partial charge in [-0.15, -0.1) is 0 Å². The summed E-state index contributed by atoms with van der Waals surface area (Å²) in [5.41, 5.74) is 3.97. The van der Waals surface area contributed by atoms with Gasteiger partial charge in [0.25, 0.3) is 5.91 Å². The van der Waals surface area contributed by atoms with E-state index in [4.69, 9.17) is 5.84 Å². The molecular weight excluding hydrogens is 228 g/mol. The number of hydrogen-bond donors (Lipinski definition) is 2. The number of carbonyl (C=O) groups excluding carboxylic acids is 1. The van der Waals surface area contributed by atoms with E-state index in [9.17, 15) is 4.79 Å². The summed E-state index contributed by atoms with van der Waals surface area (Å²) < 4.78 is 0. The molecule has 1 heterocycles. The number of pyridine rings is 1. The van der Waals surface area contributed by atoms with Crippen LogP contribution in [0.4, 0.5) is 5.82 Å². The predicted octanol–water partition coefficient (Wildman–Crippen LogP) is 1.80. The zero-order valence-electron chi connectivity index (χ0n) is 11.5. The first-order chi connectivity index (χ1) is 8.53. The Labute approximate surface area is 108 Å². The lowest BCUT2D eigenvalue weighted by molar-refractivity contribution is 0.0740. The summed E-state index contributed by atoms with van der Waals surface area (Å²) in [6, 6.07) is 3.72. The Morgan fingerprint density at radius 3 is 2.67 bits per heavy atom. The number of aromatic nitrogens is 1. The van der Waals surface area contributed by atoms with Crippen LogP contribution < -0.4 is 11.3 Å². The topological polar surface area (TPSA) is 71.2 Å². The minimum Gasteiger partial charge on any atom is -0.339 e. The van der Waals surface area contributed by atoms with E-state index in [1.54, 1.807) is 11.0 Å². The van der Waals surface area contributed by atoms with Crippen molar-refractivity contribution in [1.82, 2.24) is 9.88 Å². The van der Waals surface area contributed by atoms with Crippen LogP contribution in [-0.2, 0) is 6.42 Å². The number of carbonyl (C=O) groups is 1. The standard InChI is InChI=1S/C13H22N4O/c1-5-9(3)17(4)13(18)10-7-11(6-2)15-12(8-10)16-14/h7-9H,5-6,14H2,1-4H3,(H,15,16). The molecule has 18 heavy (non-hydrogen) atoms. The van der Waals surface area contributed by atoms with Gasteiger partial charge in [-0.25, -0.2) is 10.8 Å². The van der Waals surface area contributed by atoms with Gasteiger partial charge in [0.2, 0.25) is 0 Å². The highest BCUT2D eigenvalue weighted by Crippen LogP contribution is 2.14. The lowest BCUT2D eigenvalue weighted by Crippen LogP contribution is -2.34. The van der Waals surface area contributed by atoms with Gasteiger partial charge in [-0.1, -0.05) is 13.8 Å². The highest BCUT2D eigenvalue weighted by atomic mass is 16.2. The van der Waals surface area contributed by atoms with Crippen molar-refractivity contribution in [2.24, 2.45) is 5.84 Å². The average Bonchev–Trinajstić information content (AvgIpc) is 2.43. The van der Waals surface area contributed by atoms with E-state index < -0.39 is 0 Å². The average molecular weight is 250 g/mol. The number of nitrogens with two attached hydrogens (primary N) is 1. The van der Waals surface area contributed by atoms with Gasteiger partial charge in [-0.05, 0) is 31.9 Å². The van der Waals surface area contributed by atoms with E-state index in [0.717, 1.165) is 18.5 Å². The second kappa shape index (κ2) is 6.35. The minimum absolute atomic E-state index is 0.00190. The maximum atomic E-state index is 12.3. The fraction of sp³-hybridized carbons (Fsp3) is 0.538. The molecule has 0 saturated heterocycles. The van der Waals surface area contributed by atoms with E-state index in [1.165, 1.54) is 0 Å². The van der Waals surface area contributed by atoms with Crippen LogP contribution in [0.5, 0.6) is 0 Å². The van der Waals surface area contributed by atoms with Crippen molar-refractivity contribution in [1.29, 1.82) is 0 Å². The van der Waals surface area contributed by atoms with Gasteiger partial charge in [0.15, 0.2) is 0 Å². The number of nitrogen functional groups attached to an aromatic ring is 1. The largest absolute Gasteiger partial charge is 0.339 e. The molecule has 100 valence electrons. The third-order valence-electron chi connectivity index (χ3n) is 3.21. The molecule has 1 unspecified atom stereocenters. The van der Waals surface area contributed by atoms with Crippen LogP contribution in [0, 0.1) is 0 Å². The number of hydrogen-bond acceptors (Lipinski definition) is 4. The first-order valence-corrected chi connectivity index (χ1v) is 6.28. The molecule has 0 fully saturated rings. The highest BCUT2D eigenvalue weighted by molar-refractivity contribution is 5.95. The summed E-state index contributed by atoms with van der Waals surface area (Å²) >= 11 is 0. The molecule has 1 aromatic rings.